The van der Waals surface area contributed by atoms with Crippen molar-refractivity contribution < 1.29 is 22.7 Å². The number of nitrogens with zero attached hydrogens (tertiary/aromatic N) is 3. The third-order valence-electron chi connectivity index (χ3n) is 6.68. The molecule has 0 saturated carbocycles. The molecule has 10 heteroatoms. The lowest BCUT2D eigenvalue weighted by molar-refractivity contribution is -0.121. The number of aryl methyl sites for hydroxylation is 1. The van der Waals surface area contributed by atoms with Crippen molar-refractivity contribution in [2.24, 2.45) is 5.10 Å². The molecule has 4 aromatic rings. The number of amides is 1. The molecule has 0 radical (unpaired) electrons. The Morgan fingerprint density at radius 2 is 1.59 bits per heavy atom. The number of hydrogen-bond donors (Lipinski definition) is 1. The van der Waals surface area contributed by atoms with Crippen LogP contribution < -0.4 is 14.9 Å². The summed E-state index contributed by atoms with van der Waals surface area (Å²) in [4.78, 5) is 12.9. The van der Waals surface area contributed by atoms with E-state index < -0.39 is 22.5 Å². The number of hydrazone groups is 1. The van der Waals surface area contributed by atoms with Gasteiger partial charge in [-0.25, -0.2) is 13.8 Å². The van der Waals surface area contributed by atoms with Crippen LogP contribution in [0.5, 0.6) is 11.5 Å². The van der Waals surface area contributed by atoms with E-state index in [0.29, 0.717) is 12.2 Å². The number of nitrogens with one attached hydrogen (secondary N) is 1. The minimum Gasteiger partial charge on any atom is -0.493 e. The lowest BCUT2D eigenvalue weighted by atomic mass is 10.1. The molecular weight excluding hydrogens is 540 g/mol. The van der Waals surface area contributed by atoms with E-state index in [4.69, 9.17) is 9.47 Å². The van der Waals surface area contributed by atoms with Crippen LogP contribution in [0, 0.1) is 13.8 Å². The standard InChI is InChI=1S/C31H34N4O5S/c1-23-19-26(24(2)35(23)27-13-9-6-10-14-27)21-32-33-31(36)22-34(18-17-25-11-7-5-8-12-25)41(37,38)28-15-16-29(39-3)30(20-28)40-4/h5-16,19-21H,17-18,22H2,1-4H3,(H,33,36)/b32-21-. The third kappa shape index (κ3) is 7.03. The maximum absolute atomic E-state index is 13.7. The molecule has 0 bridgehead atoms. The number of rotatable bonds is 12. The highest BCUT2D eigenvalue weighted by Crippen LogP contribution is 2.30. The van der Waals surface area contributed by atoms with Gasteiger partial charge in [0.2, 0.25) is 10.0 Å². The van der Waals surface area contributed by atoms with Crippen LogP contribution in [-0.2, 0) is 21.2 Å². The van der Waals surface area contributed by atoms with Gasteiger partial charge in [0, 0.05) is 35.2 Å². The van der Waals surface area contributed by atoms with Gasteiger partial charge in [0.25, 0.3) is 5.91 Å². The van der Waals surface area contributed by atoms with Crippen LogP contribution in [0.2, 0.25) is 0 Å². The number of carbonyl (C=O) groups excluding carboxylic acids is 1. The summed E-state index contributed by atoms with van der Waals surface area (Å²) < 4.78 is 41.1. The van der Waals surface area contributed by atoms with Crippen molar-refractivity contribution in [3.05, 3.63) is 107 Å². The molecule has 1 amide bonds. The number of sulfonamides is 1. The number of hydrogen-bond acceptors (Lipinski definition) is 6. The minimum absolute atomic E-state index is 0.00661. The van der Waals surface area contributed by atoms with Crippen molar-refractivity contribution in [1.29, 1.82) is 0 Å². The van der Waals surface area contributed by atoms with Gasteiger partial charge in [-0.05, 0) is 56.2 Å². The van der Waals surface area contributed by atoms with Gasteiger partial charge < -0.3 is 14.0 Å². The van der Waals surface area contributed by atoms with Gasteiger partial charge in [-0.1, -0.05) is 48.5 Å². The van der Waals surface area contributed by atoms with Crippen LogP contribution in [-0.4, -0.2) is 56.7 Å². The summed E-state index contributed by atoms with van der Waals surface area (Å²) in [6, 6.07) is 25.8. The van der Waals surface area contributed by atoms with Crippen molar-refractivity contribution in [1.82, 2.24) is 14.3 Å². The number of aromatic nitrogens is 1. The summed E-state index contributed by atoms with van der Waals surface area (Å²) in [6.07, 6.45) is 1.99. The zero-order valence-electron chi connectivity index (χ0n) is 23.6. The number of carbonyl (C=O) groups is 1. The Bertz CT molecular complexity index is 1620. The second-order valence-corrected chi connectivity index (χ2v) is 11.3. The quantitative estimate of drug-likeness (QED) is 0.198. The molecule has 4 rings (SSSR count). The molecule has 1 aromatic heterocycles. The number of ether oxygens (including phenoxy) is 2. The molecule has 3 aromatic carbocycles. The first-order valence-corrected chi connectivity index (χ1v) is 14.5. The van der Waals surface area contributed by atoms with Gasteiger partial charge in [-0.2, -0.15) is 9.41 Å². The molecule has 0 aliphatic carbocycles. The molecule has 1 N–H and O–H groups in total. The molecule has 41 heavy (non-hydrogen) atoms. The molecule has 0 unspecified atom stereocenters. The normalized spacial score (nSPS) is 11.6. The zero-order chi connectivity index (χ0) is 29.4. The van der Waals surface area contributed by atoms with Crippen LogP contribution >= 0.6 is 0 Å². The SMILES string of the molecule is COc1ccc(S(=O)(=O)N(CCc2ccccc2)CC(=O)N/N=C\c2cc(C)n(-c3ccccc3)c2C)cc1OC. The first-order chi connectivity index (χ1) is 19.7. The molecule has 0 atom stereocenters. The predicted molar refractivity (Wildman–Crippen MR) is 159 cm³/mol. The lowest BCUT2D eigenvalue weighted by Crippen LogP contribution is -2.40. The van der Waals surface area contributed by atoms with Crippen molar-refractivity contribution in [2.75, 3.05) is 27.3 Å². The van der Waals surface area contributed by atoms with Crippen molar-refractivity contribution in [3.8, 4) is 17.2 Å². The summed E-state index contributed by atoms with van der Waals surface area (Å²) in [5.41, 5.74) is 7.30. The number of methoxy groups -OCH3 is 2. The Kier molecular flexibility index (Phi) is 9.59. The molecule has 0 aliphatic heterocycles. The van der Waals surface area contributed by atoms with Crippen LogP contribution in [0.15, 0.2) is 94.9 Å². The van der Waals surface area contributed by atoms with Crippen molar-refractivity contribution in [2.45, 2.75) is 25.2 Å². The van der Waals surface area contributed by atoms with E-state index in [-0.39, 0.29) is 17.2 Å². The van der Waals surface area contributed by atoms with E-state index >= 15 is 0 Å². The second-order valence-electron chi connectivity index (χ2n) is 9.38. The highest BCUT2D eigenvalue weighted by Gasteiger charge is 2.27. The second kappa shape index (κ2) is 13.3. The monoisotopic (exact) mass is 574 g/mol. The average molecular weight is 575 g/mol. The smallest absolute Gasteiger partial charge is 0.255 e. The maximum Gasteiger partial charge on any atom is 0.255 e. The Morgan fingerprint density at radius 3 is 2.24 bits per heavy atom. The van der Waals surface area contributed by atoms with Crippen LogP contribution in [0.1, 0.15) is 22.5 Å². The van der Waals surface area contributed by atoms with E-state index in [1.54, 1.807) is 6.21 Å². The minimum atomic E-state index is -4.06. The topological polar surface area (TPSA) is 102 Å². The molecule has 0 fully saturated rings. The summed E-state index contributed by atoms with van der Waals surface area (Å²) >= 11 is 0. The van der Waals surface area contributed by atoms with E-state index in [1.165, 1.54) is 32.4 Å². The van der Waals surface area contributed by atoms with Crippen molar-refractivity contribution in [3.63, 3.8) is 0 Å². The van der Waals surface area contributed by atoms with Gasteiger partial charge in [-0.3, -0.25) is 4.79 Å². The van der Waals surface area contributed by atoms with Crippen molar-refractivity contribution >= 4 is 22.1 Å². The summed E-state index contributed by atoms with van der Waals surface area (Å²) in [5.74, 6) is 0.120. The Labute approximate surface area is 241 Å². The molecule has 0 saturated heterocycles. The Hall–Kier alpha value is -4.41. The maximum atomic E-state index is 13.7. The fourth-order valence-electron chi connectivity index (χ4n) is 4.57. The van der Waals surface area contributed by atoms with Gasteiger partial charge >= 0.3 is 0 Å². The molecule has 9 nitrogen and oxygen atoms in total. The predicted octanol–water partition coefficient (Wildman–Crippen LogP) is 4.50. The van der Waals surface area contributed by atoms with E-state index in [2.05, 4.69) is 15.1 Å². The third-order valence-corrected chi connectivity index (χ3v) is 8.52. The van der Waals surface area contributed by atoms with E-state index in [9.17, 15) is 13.2 Å². The molecule has 214 valence electrons. The number of benzene rings is 3. The fraction of sp³-hybridized carbons (Fsp3) is 0.226. The number of para-hydroxylation sites is 1. The van der Waals surface area contributed by atoms with E-state index in [1.807, 2.05) is 80.6 Å². The first-order valence-electron chi connectivity index (χ1n) is 13.1. The highest BCUT2D eigenvalue weighted by atomic mass is 32.2. The average Bonchev–Trinajstić information content (AvgIpc) is 3.27. The largest absolute Gasteiger partial charge is 0.493 e. The fourth-order valence-corrected chi connectivity index (χ4v) is 5.98. The van der Waals surface area contributed by atoms with Crippen LogP contribution in [0.4, 0.5) is 0 Å². The van der Waals surface area contributed by atoms with Gasteiger partial charge in [0.05, 0.1) is 31.9 Å². The molecular formula is C31H34N4O5S. The molecule has 0 aliphatic rings. The summed E-state index contributed by atoms with van der Waals surface area (Å²) in [6.45, 7) is 3.66. The van der Waals surface area contributed by atoms with Gasteiger partial charge in [0.15, 0.2) is 11.5 Å². The van der Waals surface area contributed by atoms with Crippen LogP contribution in [0.25, 0.3) is 5.69 Å². The molecule has 0 spiro atoms. The summed E-state index contributed by atoms with van der Waals surface area (Å²) in [5, 5.41) is 4.13. The van der Waals surface area contributed by atoms with E-state index in [0.717, 1.165) is 32.5 Å². The first kappa shape index (κ1) is 29.6. The lowest BCUT2D eigenvalue weighted by Gasteiger charge is -2.22. The zero-order valence-corrected chi connectivity index (χ0v) is 24.4. The van der Waals surface area contributed by atoms with Crippen LogP contribution in [0.3, 0.4) is 0 Å². The highest BCUT2D eigenvalue weighted by molar-refractivity contribution is 7.89. The molecule has 1 heterocycles. The Balaban J connectivity index is 1.52. The summed E-state index contributed by atoms with van der Waals surface area (Å²) in [7, 11) is -1.15. The Morgan fingerprint density at radius 1 is 0.927 bits per heavy atom. The van der Waals surface area contributed by atoms with Gasteiger partial charge in [-0.15, -0.1) is 0 Å². The van der Waals surface area contributed by atoms with Gasteiger partial charge in [0.1, 0.15) is 0 Å².